The second-order valence-electron chi connectivity index (χ2n) is 6.50. The number of fused-ring (bicyclic) bond motifs is 1. The Bertz CT molecular complexity index is 1040. The topological polar surface area (TPSA) is 63.7 Å². The Morgan fingerprint density at radius 1 is 1.19 bits per heavy atom. The van der Waals surface area contributed by atoms with Crippen molar-refractivity contribution in [2.75, 3.05) is 13.1 Å². The lowest BCUT2D eigenvalue weighted by molar-refractivity contribution is -0.151. The van der Waals surface area contributed by atoms with Crippen LogP contribution >= 0.6 is 22.7 Å². The molecule has 1 aliphatic rings. The smallest absolute Gasteiger partial charge is 0.310 e. The van der Waals surface area contributed by atoms with Crippen molar-refractivity contribution in [3.8, 4) is 0 Å². The fraction of sp³-hybridized carbons (Fsp3) is 0.316. The molecule has 1 fully saturated rings. The Kier molecular flexibility index (Phi) is 5.32. The van der Waals surface area contributed by atoms with E-state index in [9.17, 15) is 13.2 Å². The summed E-state index contributed by atoms with van der Waals surface area (Å²) in [5, 5.41) is 4.85. The van der Waals surface area contributed by atoms with E-state index < -0.39 is 15.9 Å². The van der Waals surface area contributed by atoms with Crippen LogP contribution in [-0.2, 0) is 26.2 Å². The molecule has 2 aromatic heterocycles. The van der Waals surface area contributed by atoms with Gasteiger partial charge in [0.2, 0.25) is 0 Å². The molecule has 1 saturated heterocycles. The highest BCUT2D eigenvalue weighted by Crippen LogP contribution is 2.29. The highest BCUT2D eigenvalue weighted by Gasteiger charge is 2.34. The van der Waals surface area contributed by atoms with Crippen LogP contribution in [0.25, 0.3) is 10.1 Å². The maximum absolute atomic E-state index is 12.7. The first-order chi connectivity index (χ1) is 13.1. The van der Waals surface area contributed by atoms with E-state index >= 15 is 0 Å². The molecule has 4 rings (SSSR count). The first-order valence-electron chi connectivity index (χ1n) is 8.71. The number of benzene rings is 1. The summed E-state index contributed by atoms with van der Waals surface area (Å²) in [6.07, 6.45) is 1.31. The standard InChI is InChI=1S/C19H19NO4S3/c21-19(24-12-15-13-26-17-7-2-1-6-16(15)17)14-5-3-9-20(11-14)27(22,23)18-8-4-10-25-18/h1-2,4,6-8,10,13-14H,3,5,9,11-12H2. The molecule has 0 bridgehead atoms. The van der Waals surface area contributed by atoms with Crippen LogP contribution in [0.5, 0.6) is 0 Å². The maximum Gasteiger partial charge on any atom is 0.310 e. The molecular weight excluding hydrogens is 402 g/mol. The van der Waals surface area contributed by atoms with Crippen LogP contribution in [0.15, 0.2) is 51.4 Å². The highest BCUT2D eigenvalue weighted by molar-refractivity contribution is 7.91. The summed E-state index contributed by atoms with van der Waals surface area (Å²) in [6.45, 7) is 0.847. The van der Waals surface area contributed by atoms with Crippen LogP contribution in [0.1, 0.15) is 18.4 Å². The Morgan fingerprint density at radius 2 is 2.04 bits per heavy atom. The fourth-order valence-electron chi connectivity index (χ4n) is 3.30. The minimum Gasteiger partial charge on any atom is -0.461 e. The first kappa shape index (κ1) is 18.6. The van der Waals surface area contributed by atoms with E-state index in [1.807, 2.05) is 29.6 Å². The van der Waals surface area contributed by atoms with Gasteiger partial charge in [-0.05, 0) is 41.1 Å². The predicted octanol–water partition coefficient (Wildman–Crippen LogP) is 4.11. The summed E-state index contributed by atoms with van der Waals surface area (Å²) in [6, 6.07) is 11.3. The van der Waals surface area contributed by atoms with Gasteiger partial charge in [0, 0.05) is 23.4 Å². The van der Waals surface area contributed by atoms with E-state index in [0.717, 1.165) is 15.6 Å². The SMILES string of the molecule is O=C(OCc1csc2ccccc12)C1CCCN(S(=O)(=O)c2cccs2)C1. The van der Waals surface area contributed by atoms with Gasteiger partial charge in [0.25, 0.3) is 10.0 Å². The molecule has 0 saturated carbocycles. The normalized spacial score (nSPS) is 18.6. The van der Waals surface area contributed by atoms with Gasteiger partial charge in [-0.2, -0.15) is 4.31 Å². The molecule has 5 nitrogen and oxygen atoms in total. The van der Waals surface area contributed by atoms with E-state index in [0.29, 0.717) is 23.6 Å². The summed E-state index contributed by atoms with van der Waals surface area (Å²) in [5.41, 5.74) is 0.989. The molecule has 0 amide bonds. The third kappa shape index (κ3) is 3.80. The lowest BCUT2D eigenvalue weighted by atomic mass is 10.00. The highest BCUT2D eigenvalue weighted by atomic mass is 32.2. The van der Waals surface area contributed by atoms with Gasteiger partial charge in [-0.1, -0.05) is 24.3 Å². The van der Waals surface area contributed by atoms with Gasteiger partial charge in [-0.25, -0.2) is 8.42 Å². The van der Waals surface area contributed by atoms with Crippen LogP contribution in [-0.4, -0.2) is 31.8 Å². The van der Waals surface area contributed by atoms with Crippen molar-refractivity contribution in [3.63, 3.8) is 0 Å². The van der Waals surface area contributed by atoms with Crippen LogP contribution in [0, 0.1) is 5.92 Å². The number of nitrogens with zero attached hydrogens (tertiary/aromatic N) is 1. The first-order valence-corrected chi connectivity index (χ1v) is 11.9. The average molecular weight is 422 g/mol. The Hall–Kier alpha value is -1.74. The number of hydrogen-bond acceptors (Lipinski definition) is 6. The maximum atomic E-state index is 12.7. The second-order valence-corrected chi connectivity index (χ2v) is 10.5. The van der Waals surface area contributed by atoms with Crippen molar-refractivity contribution in [2.24, 2.45) is 5.92 Å². The van der Waals surface area contributed by atoms with Crippen molar-refractivity contribution in [1.82, 2.24) is 4.31 Å². The molecule has 3 heterocycles. The number of carbonyl (C=O) groups excluding carboxylic acids is 1. The van der Waals surface area contributed by atoms with Crippen LogP contribution < -0.4 is 0 Å². The van der Waals surface area contributed by atoms with Crippen molar-refractivity contribution < 1.29 is 17.9 Å². The van der Waals surface area contributed by atoms with Crippen LogP contribution in [0.2, 0.25) is 0 Å². The minimum atomic E-state index is -3.53. The third-order valence-corrected chi connectivity index (χ3v) is 8.99. The molecule has 0 N–H and O–H groups in total. The Labute approximate surface area is 166 Å². The summed E-state index contributed by atoms with van der Waals surface area (Å²) >= 11 is 2.82. The zero-order chi connectivity index (χ0) is 18.9. The zero-order valence-corrected chi connectivity index (χ0v) is 17.0. The summed E-state index contributed by atoms with van der Waals surface area (Å²) < 4.78 is 33.8. The second kappa shape index (κ2) is 7.71. The average Bonchev–Trinajstić information content (AvgIpc) is 3.37. The lowest BCUT2D eigenvalue weighted by Crippen LogP contribution is -2.42. The molecule has 1 unspecified atom stereocenters. The quantitative estimate of drug-likeness (QED) is 0.582. The van der Waals surface area contributed by atoms with E-state index in [4.69, 9.17) is 4.74 Å². The van der Waals surface area contributed by atoms with E-state index in [2.05, 4.69) is 0 Å². The Morgan fingerprint density at radius 3 is 2.85 bits per heavy atom. The molecule has 0 radical (unpaired) electrons. The van der Waals surface area contributed by atoms with Gasteiger partial charge in [-0.15, -0.1) is 22.7 Å². The molecule has 142 valence electrons. The molecule has 8 heteroatoms. The number of carbonyl (C=O) groups is 1. The number of esters is 1. The predicted molar refractivity (Wildman–Crippen MR) is 107 cm³/mol. The number of ether oxygens (including phenoxy) is 1. The van der Waals surface area contributed by atoms with Gasteiger partial charge in [0.05, 0.1) is 5.92 Å². The van der Waals surface area contributed by atoms with Crippen molar-refractivity contribution in [1.29, 1.82) is 0 Å². The number of hydrogen-bond donors (Lipinski definition) is 0. The molecule has 1 atom stereocenters. The molecular formula is C19H19NO4S3. The van der Waals surface area contributed by atoms with Crippen molar-refractivity contribution in [3.05, 3.63) is 52.7 Å². The molecule has 27 heavy (non-hydrogen) atoms. The largest absolute Gasteiger partial charge is 0.461 e. The van der Waals surface area contributed by atoms with Gasteiger partial charge in [0.15, 0.2) is 0 Å². The van der Waals surface area contributed by atoms with Crippen LogP contribution in [0.3, 0.4) is 0 Å². The number of rotatable bonds is 5. The summed E-state index contributed by atoms with van der Waals surface area (Å²) in [5.74, 6) is -0.741. The molecule has 1 aliphatic heterocycles. The minimum absolute atomic E-state index is 0.184. The molecule has 1 aromatic carbocycles. The number of thiophene rings is 2. The van der Waals surface area contributed by atoms with E-state index in [-0.39, 0.29) is 19.1 Å². The Balaban J connectivity index is 1.41. The fourth-order valence-corrected chi connectivity index (χ4v) is 6.92. The van der Waals surface area contributed by atoms with E-state index in [1.54, 1.807) is 28.8 Å². The lowest BCUT2D eigenvalue weighted by Gasteiger charge is -2.30. The van der Waals surface area contributed by atoms with Gasteiger partial charge in [0.1, 0.15) is 10.8 Å². The van der Waals surface area contributed by atoms with Crippen LogP contribution in [0.4, 0.5) is 0 Å². The molecule has 0 aliphatic carbocycles. The van der Waals surface area contributed by atoms with Crippen molar-refractivity contribution in [2.45, 2.75) is 23.7 Å². The molecule has 3 aromatic rings. The van der Waals surface area contributed by atoms with Gasteiger partial charge < -0.3 is 4.74 Å². The zero-order valence-electron chi connectivity index (χ0n) is 14.5. The van der Waals surface area contributed by atoms with Crippen molar-refractivity contribution >= 4 is 48.8 Å². The number of sulfonamides is 1. The van der Waals surface area contributed by atoms with Gasteiger partial charge >= 0.3 is 5.97 Å². The third-order valence-electron chi connectivity index (χ3n) is 4.74. The van der Waals surface area contributed by atoms with E-state index in [1.165, 1.54) is 15.6 Å². The molecule has 0 spiro atoms. The number of piperidine rings is 1. The summed E-state index contributed by atoms with van der Waals surface area (Å²) in [7, 11) is -3.53. The monoisotopic (exact) mass is 421 g/mol. The summed E-state index contributed by atoms with van der Waals surface area (Å²) in [4.78, 5) is 12.6. The van der Waals surface area contributed by atoms with Gasteiger partial charge in [-0.3, -0.25) is 4.79 Å².